The molecule has 1 aromatic carbocycles. The van der Waals surface area contributed by atoms with Gasteiger partial charge in [-0.1, -0.05) is 12.1 Å². The van der Waals surface area contributed by atoms with Crippen molar-refractivity contribution in [1.29, 1.82) is 0 Å². The summed E-state index contributed by atoms with van der Waals surface area (Å²) in [4.78, 5) is 25.0. The minimum absolute atomic E-state index is 0.0668. The third kappa shape index (κ3) is 3.38. The zero-order valence-electron chi connectivity index (χ0n) is 14.4. The van der Waals surface area contributed by atoms with Crippen molar-refractivity contribution in [2.45, 2.75) is 19.5 Å². The molecule has 6 heteroatoms. The molecule has 1 aliphatic heterocycles. The number of likely N-dealkylation sites (N-methyl/N-ethyl adjacent to an activating group) is 1. The molecule has 24 heavy (non-hydrogen) atoms. The Bertz CT molecular complexity index is 729. The number of amides is 1. The highest BCUT2D eigenvalue weighted by atomic mass is 16.1. The second-order valence-corrected chi connectivity index (χ2v) is 6.24. The number of hydrogen-bond donors (Lipinski definition) is 1. The SMILES string of the molecule is CNC(=O)c1ccc(CN(C)c2ncnc3c2CN(C)CC3)cc1. The van der Waals surface area contributed by atoms with Gasteiger partial charge in [0.25, 0.3) is 5.91 Å². The van der Waals surface area contributed by atoms with Gasteiger partial charge in [-0.25, -0.2) is 9.97 Å². The van der Waals surface area contributed by atoms with E-state index < -0.39 is 0 Å². The van der Waals surface area contributed by atoms with Crippen LogP contribution in [0.2, 0.25) is 0 Å². The molecule has 0 radical (unpaired) electrons. The minimum Gasteiger partial charge on any atom is -0.355 e. The number of fused-ring (bicyclic) bond motifs is 1. The topological polar surface area (TPSA) is 61.4 Å². The molecule has 2 heterocycles. The monoisotopic (exact) mass is 325 g/mol. The van der Waals surface area contributed by atoms with Gasteiger partial charge in [0.05, 0.1) is 5.69 Å². The molecule has 0 bridgehead atoms. The van der Waals surface area contributed by atoms with Crippen LogP contribution >= 0.6 is 0 Å². The van der Waals surface area contributed by atoms with Crippen LogP contribution in [0.5, 0.6) is 0 Å². The standard InChI is InChI=1S/C18H23N5O/c1-19-18(24)14-6-4-13(5-7-14)10-23(3)17-15-11-22(2)9-8-16(15)20-12-21-17/h4-7,12H,8-11H2,1-3H3,(H,19,24). The van der Waals surface area contributed by atoms with Gasteiger partial charge in [-0.05, 0) is 24.7 Å². The first kappa shape index (κ1) is 16.4. The number of anilines is 1. The Morgan fingerprint density at radius 3 is 2.75 bits per heavy atom. The lowest BCUT2D eigenvalue weighted by Crippen LogP contribution is -2.30. The molecule has 1 N–H and O–H groups in total. The van der Waals surface area contributed by atoms with E-state index in [0.29, 0.717) is 5.56 Å². The Balaban J connectivity index is 1.78. The molecular weight excluding hydrogens is 302 g/mol. The molecule has 126 valence electrons. The minimum atomic E-state index is -0.0668. The molecule has 0 saturated heterocycles. The Kier molecular flexibility index (Phi) is 4.76. The summed E-state index contributed by atoms with van der Waals surface area (Å²) < 4.78 is 0. The summed E-state index contributed by atoms with van der Waals surface area (Å²) >= 11 is 0. The van der Waals surface area contributed by atoms with E-state index in [0.717, 1.165) is 43.1 Å². The van der Waals surface area contributed by atoms with Gasteiger partial charge in [0.15, 0.2) is 0 Å². The first-order valence-corrected chi connectivity index (χ1v) is 8.12. The predicted molar refractivity (Wildman–Crippen MR) is 94.0 cm³/mol. The smallest absolute Gasteiger partial charge is 0.251 e. The number of rotatable bonds is 4. The van der Waals surface area contributed by atoms with Gasteiger partial charge in [-0.15, -0.1) is 0 Å². The Morgan fingerprint density at radius 2 is 2.04 bits per heavy atom. The van der Waals surface area contributed by atoms with Crippen LogP contribution in [0.25, 0.3) is 0 Å². The summed E-state index contributed by atoms with van der Waals surface area (Å²) in [5.74, 6) is 0.921. The second kappa shape index (κ2) is 6.97. The lowest BCUT2D eigenvalue weighted by atomic mass is 10.1. The van der Waals surface area contributed by atoms with E-state index in [1.165, 1.54) is 5.56 Å². The fourth-order valence-corrected chi connectivity index (χ4v) is 3.04. The highest BCUT2D eigenvalue weighted by Crippen LogP contribution is 2.25. The fourth-order valence-electron chi connectivity index (χ4n) is 3.04. The van der Waals surface area contributed by atoms with Crippen molar-refractivity contribution in [3.05, 3.63) is 53.0 Å². The predicted octanol–water partition coefficient (Wildman–Crippen LogP) is 1.46. The van der Waals surface area contributed by atoms with Crippen molar-refractivity contribution in [2.24, 2.45) is 0 Å². The lowest BCUT2D eigenvalue weighted by molar-refractivity contribution is 0.0963. The quantitative estimate of drug-likeness (QED) is 0.922. The highest BCUT2D eigenvalue weighted by molar-refractivity contribution is 5.93. The average molecular weight is 325 g/mol. The van der Waals surface area contributed by atoms with Gasteiger partial charge < -0.3 is 15.1 Å². The van der Waals surface area contributed by atoms with Crippen molar-refractivity contribution in [3.8, 4) is 0 Å². The van der Waals surface area contributed by atoms with Crippen molar-refractivity contribution < 1.29 is 4.79 Å². The van der Waals surface area contributed by atoms with Crippen molar-refractivity contribution in [3.63, 3.8) is 0 Å². The summed E-state index contributed by atoms with van der Waals surface area (Å²) in [5.41, 5.74) is 4.18. The van der Waals surface area contributed by atoms with Crippen LogP contribution in [0.1, 0.15) is 27.2 Å². The van der Waals surface area contributed by atoms with Gasteiger partial charge >= 0.3 is 0 Å². The number of benzene rings is 1. The molecule has 0 aliphatic carbocycles. The Hall–Kier alpha value is -2.47. The average Bonchev–Trinajstić information content (AvgIpc) is 2.61. The maximum Gasteiger partial charge on any atom is 0.251 e. The van der Waals surface area contributed by atoms with Crippen LogP contribution in [0, 0.1) is 0 Å². The first-order chi connectivity index (χ1) is 11.6. The van der Waals surface area contributed by atoms with Crippen LogP contribution in [0.15, 0.2) is 30.6 Å². The molecule has 2 aromatic rings. The normalized spacial score (nSPS) is 14.1. The van der Waals surface area contributed by atoms with E-state index in [9.17, 15) is 4.79 Å². The zero-order valence-corrected chi connectivity index (χ0v) is 14.4. The third-order valence-electron chi connectivity index (χ3n) is 4.39. The summed E-state index contributed by atoms with van der Waals surface area (Å²) in [5, 5.41) is 2.63. The van der Waals surface area contributed by atoms with Crippen LogP contribution in [0.3, 0.4) is 0 Å². The molecule has 3 rings (SSSR count). The molecule has 6 nitrogen and oxygen atoms in total. The van der Waals surface area contributed by atoms with Crippen LogP contribution in [0.4, 0.5) is 5.82 Å². The number of nitrogens with one attached hydrogen (secondary N) is 1. The van der Waals surface area contributed by atoms with E-state index >= 15 is 0 Å². The Morgan fingerprint density at radius 1 is 1.29 bits per heavy atom. The number of hydrogen-bond acceptors (Lipinski definition) is 5. The van der Waals surface area contributed by atoms with Gasteiger partial charge in [-0.3, -0.25) is 4.79 Å². The number of aromatic nitrogens is 2. The third-order valence-corrected chi connectivity index (χ3v) is 4.39. The van der Waals surface area contributed by atoms with E-state index in [4.69, 9.17) is 0 Å². The lowest BCUT2D eigenvalue weighted by Gasteiger charge is -2.28. The van der Waals surface area contributed by atoms with E-state index in [-0.39, 0.29) is 5.91 Å². The van der Waals surface area contributed by atoms with Gasteiger partial charge in [0.2, 0.25) is 0 Å². The number of carbonyl (C=O) groups excluding carboxylic acids is 1. The highest BCUT2D eigenvalue weighted by Gasteiger charge is 2.20. The first-order valence-electron chi connectivity index (χ1n) is 8.12. The maximum absolute atomic E-state index is 11.6. The molecule has 0 saturated carbocycles. The molecule has 0 fully saturated rings. The molecule has 1 aromatic heterocycles. The number of carbonyl (C=O) groups is 1. The van der Waals surface area contributed by atoms with E-state index in [2.05, 4.69) is 32.1 Å². The molecule has 1 aliphatic rings. The van der Waals surface area contributed by atoms with Crippen LogP contribution in [-0.2, 0) is 19.5 Å². The van der Waals surface area contributed by atoms with Crippen LogP contribution < -0.4 is 10.2 Å². The fraction of sp³-hybridized carbons (Fsp3) is 0.389. The summed E-state index contributed by atoms with van der Waals surface area (Å²) in [7, 11) is 5.81. The molecule has 0 spiro atoms. The van der Waals surface area contributed by atoms with E-state index in [1.54, 1.807) is 13.4 Å². The van der Waals surface area contributed by atoms with Crippen molar-refractivity contribution in [1.82, 2.24) is 20.2 Å². The van der Waals surface area contributed by atoms with Gasteiger partial charge in [-0.2, -0.15) is 0 Å². The molecule has 0 unspecified atom stereocenters. The summed E-state index contributed by atoms with van der Waals surface area (Å²) in [6.07, 6.45) is 2.63. The summed E-state index contributed by atoms with van der Waals surface area (Å²) in [6.45, 7) is 2.65. The van der Waals surface area contributed by atoms with Gasteiger partial charge in [0.1, 0.15) is 12.1 Å². The second-order valence-electron chi connectivity index (χ2n) is 6.24. The van der Waals surface area contributed by atoms with Crippen molar-refractivity contribution in [2.75, 3.05) is 32.6 Å². The molecular formula is C18H23N5O. The zero-order chi connectivity index (χ0) is 17.1. The summed E-state index contributed by atoms with van der Waals surface area (Å²) in [6, 6.07) is 7.68. The van der Waals surface area contributed by atoms with E-state index in [1.807, 2.05) is 31.3 Å². The maximum atomic E-state index is 11.6. The Labute approximate surface area is 142 Å². The van der Waals surface area contributed by atoms with Gasteiger partial charge in [0, 0.05) is 51.3 Å². The largest absolute Gasteiger partial charge is 0.355 e. The number of nitrogens with zero attached hydrogens (tertiary/aromatic N) is 4. The van der Waals surface area contributed by atoms with Crippen LogP contribution in [-0.4, -0.2) is 48.5 Å². The molecule has 0 atom stereocenters. The molecule has 1 amide bonds. The van der Waals surface area contributed by atoms with Crippen molar-refractivity contribution >= 4 is 11.7 Å².